The quantitative estimate of drug-likeness (QED) is 0.624. The van der Waals surface area contributed by atoms with E-state index in [4.69, 9.17) is 5.73 Å². The highest BCUT2D eigenvalue weighted by Crippen LogP contribution is 2.18. The molecule has 1 aliphatic heterocycles. The molecule has 1 saturated heterocycles. The second kappa shape index (κ2) is 3.35. The molecule has 1 rings (SSSR count). The van der Waals surface area contributed by atoms with Crippen LogP contribution in [0.2, 0.25) is 0 Å². The summed E-state index contributed by atoms with van der Waals surface area (Å²) in [6.45, 7) is 8.02. The molecule has 0 aliphatic carbocycles. The summed E-state index contributed by atoms with van der Waals surface area (Å²) in [7, 11) is 2.34. The first-order chi connectivity index (χ1) is 5.41. The van der Waals surface area contributed by atoms with Crippen LogP contribution in [0.25, 0.3) is 0 Å². The molecule has 72 valence electrons. The molecule has 0 amide bonds. The van der Waals surface area contributed by atoms with E-state index in [0.717, 1.165) is 6.54 Å². The van der Waals surface area contributed by atoms with Crippen molar-refractivity contribution in [3.63, 3.8) is 0 Å². The summed E-state index contributed by atoms with van der Waals surface area (Å²) in [4.78, 5) is 0. The monoisotopic (exact) mass is 171 g/mol. The number of likely N-dealkylation sites (tertiary alicyclic amines) is 1. The summed E-state index contributed by atoms with van der Waals surface area (Å²) in [6, 6.07) is 0. The summed E-state index contributed by atoms with van der Waals surface area (Å²) in [5.41, 5.74) is 6.03. The fourth-order valence-corrected chi connectivity index (χ4v) is 2.42. The fourth-order valence-electron chi connectivity index (χ4n) is 2.42. The molecule has 0 bridgehead atoms. The van der Waals surface area contributed by atoms with E-state index in [1.54, 1.807) is 0 Å². The molecule has 1 aliphatic rings. The average Bonchev–Trinajstić information content (AvgIpc) is 1.83. The lowest BCUT2D eigenvalue weighted by Gasteiger charge is -2.41. The number of nitrogens with zero attached hydrogens (tertiary/aromatic N) is 1. The second-order valence-electron chi connectivity index (χ2n) is 5.27. The van der Waals surface area contributed by atoms with E-state index >= 15 is 0 Å². The van der Waals surface area contributed by atoms with Gasteiger partial charge in [-0.2, -0.15) is 0 Å². The summed E-state index contributed by atoms with van der Waals surface area (Å²) in [5.74, 6) is 0. The Kier molecular flexibility index (Phi) is 2.79. The molecule has 12 heavy (non-hydrogen) atoms. The number of nitrogens with two attached hydrogens (primary N) is 1. The molecular weight excluding hydrogens is 148 g/mol. The van der Waals surface area contributed by atoms with Gasteiger partial charge in [0.05, 0.1) is 32.2 Å². The Balaban J connectivity index is 2.47. The Morgan fingerprint density at radius 1 is 1.17 bits per heavy atom. The van der Waals surface area contributed by atoms with Crippen molar-refractivity contribution in [1.82, 2.24) is 0 Å². The Hall–Kier alpha value is -0.0800. The largest absolute Gasteiger partial charge is 0.325 e. The van der Waals surface area contributed by atoms with Gasteiger partial charge in [0.1, 0.15) is 0 Å². The first-order valence-electron chi connectivity index (χ1n) is 5.04. The number of hydrogen-bond acceptors (Lipinski definition) is 1. The zero-order valence-electron chi connectivity index (χ0n) is 8.77. The average molecular weight is 171 g/mol. The van der Waals surface area contributed by atoms with Crippen molar-refractivity contribution in [2.45, 2.75) is 38.6 Å². The van der Waals surface area contributed by atoms with Crippen LogP contribution in [0, 0.1) is 0 Å². The van der Waals surface area contributed by atoms with E-state index in [9.17, 15) is 0 Å². The minimum atomic E-state index is -0.00785. The van der Waals surface area contributed by atoms with Gasteiger partial charge in [0.15, 0.2) is 0 Å². The molecule has 0 spiro atoms. The third kappa shape index (κ3) is 3.11. The first-order valence-corrected chi connectivity index (χ1v) is 5.04. The Morgan fingerprint density at radius 2 is 1.67 bits per heavy atom. The van der Waals surface area contributed by atoms with Crippen molar-refractivity contribution in [3.8, 4) is 0 Å². The number of rotatable bonds is 2. The lowest BCUT2D eigenvalue weighted by molar-refractivity contribution is -0.916. The molecule has 2 nitrogen and oxygen atoms in total. The van der Waals surface area contributed by atoms with E-state index in [0.29, 0.717) is 0 Å². The van der Waals surface area contributed by atoms with Crippen molar-refractivity contribution in [2.24, 2.45) is 5.73 Å². The molecule has 0 aromatic carbocycles. The zero-order chi connectivity index (χ0) is 9.24. The molecule has 0 saturated carbocycles. The van der Waals surface area contributed by atoms with E-state index in [1.807, 2.05) is 0 Å². The number of likely N-dealkylation sites (N-methyl/N-ethyl adjacent to an activating group) is 1. The zero-order valence-corrected chi connectivity index (χ0v) is 8.77. The molecular formula is C10H23N2+. The van der Waals surface area contributed by atoms with Gasteiger partial charge in [-0.15, -0.1) is 0 Å². The third-order valence-electron chi connectivity index (χ3n) is 2.69. The molecule has 0 unspecified atom stereocenters. The maximum absolute atomic E-state index is 6.04. The van der Waals surface area contributed by atoms with Gasteiger partial charge in [0, 0.05) is 0 Å². The van der Waals surface area contributed by atoms with Crippen LogP contribution in [-0.2, 0) is 0 Å². The molecule has 2 N–H and O–H groups in total. The van der Waals surface area contributed by atoms with Crippen molar-refractivity contribution >= 4 is 0 Å². The summed E-state index contributed by atoms with van der Waals surface area (Å²) in [5, 5.41) is 0. The first kappa shape index (κ1) is 10.0. The lowest BCUT2D eigenvalue weighted by atomic mass is 10.0. The predicted molar refractivity (Wildman–Crippen MR) is 52.9 cm³/mol. The van der Waals surface area contributed by atoms with Crippen LogP contribution in [-0.4, -0.2) is 36.7 Å². The molecule has 0 aromatic rings. The van der Waals surface area contributed by atoms with E-state index in [1.165, 1.54) is 36.8 Å². The lowest BCUT2D eigenvalue weighted by Crippen LogP contribution is -2.57. The number of piperidine rings is 1. The van der Waals surface area contributed by atoms with Gasteiger partial charge in [0.25, 0.3) is 0 Å². The molecule has 2 heteroatoms. The highest BCUT2D eigenvalue weighted by Gasteiger charge is 2.30. The van der Waals surface area contributed by atoms with Crippen molar-refractivity contribution in [1.29, 1.82) is 0 Å². The summed E-state index contributed by atoms with van der Waals surface area (Å²) in [6.07, 6.45) is 4.18. The molecule has 0 atom stereocenters. The van der Waals surface area contributed by atoms with Crippen LogP contribution >= 0.6 is 0 Å². The second-order valence-corrected chi connectivity index (χ2v) is 5.27. The molecule has 0 radical (unpaired) electrons. The highest BCUT2D eigenvalue weighted by atomic mass is 15.3. The van der Waals surface area contributed by atoms with E-state index in [-0.39, 0.29) is 5.54 Å². The summed E-state index contributed by atoms with van der Waals surface area (Å²) >= 11 is 0. The minimum absolute atomic E-state index is 0.00785. The Labute approximate surface area is 76.3 Å². The number of hydrogen-bond donors (Lipinski definition) is 1. The van der Waals surface area contributed by atoms with E-state index < -0.39 is 0 Å². The SMILES string of the molecule is CC(C)(N)C[N+]1(C)CCCCC1. The topological polar surface area (TPSA) is 26.0 Å². The molecule has 0 aromatic heterocycles. The van der Waals surface area contributed by atoms with Gasteiger partial charge in [-0.3, -0.25) is 0 Å². The third-order valence-corrected chi connectivity index (χ3v) is 2.69. The van der Waals surface area contributed by atoms with Crippen LogP contribution in [0.5, 0.6) is 0 Å². The predicted octanol–water partition coefficient (Wildman–Crippen LogP) is 1.35. The maximum atomic E-state index is 6.04. The van der Waals surface area contributed by atoms with Crippen LogP contribution in [0.15, 0.2) is 0 Å². The fraction of sp³-hybridized carbons (Fsp3) is 1.00. The van der Waals surface area contributed by atoms with Gasteiger partial charge in [0.2, 0.25) is 0 Å². The van der Waals surface area contributed by atoms with Crippen LogP contribution in [0.3, 0.4) is 0 Å². The molecule has 1 fully saturated rings. The Bertz CT molecular complexity index is 140. The van der Waals surface area contributed by atoms with Crippen LogP contribution in [0.4, 0.5) is 0 Å². The normalized spacial score (nSPS) is 24.0. The van der Waals surface area contributed by atoms with Crippen molar-refractivity contribution in [2.75, 3.05) is 26.7 Å². The molecule has 1 heterocycles. The van der Waals surface area contributed by atoms with Gasteiger partial charge < -0.3 is 10.2 Å². The summed E-state index contributed by atoms with van der Waals surface area (Å²) < 4.78 is 1.18. The minimum Gasteiger partial charge on any atom is -0.325 e. The van der Waals surface area contributed by atoms with Gasteiger partial charge in [-0.25, -0.2) is 0 Å². The highest BCUT2D eigenvalue weighted by molar-refractivity contribution is 4.71. The smallest absolute Gasteiger partial charge is 0.0961 e. The van der Waals surface area contributed by atoms with Gasteiger partial charge in [-0.1, -0.05) is 0 Å². The maximum Gasteiger partial charge on any atom is 0.0961 e. The van der Waals surface area contributed by atoms with Crippen LogP contribution in [0.1, 0.15) is 33.1 Å². The Morgan fingerprint density at radius 3 is 2.08 bits per heavy atom. The standard InChI is InChI=1S/C10H23N2/c1-10(2,11)9-12(3)7-5-4-6-8-12/h4-9,11H2,1-3H3/q+1. The van der Waals surface area contributed by atoms with Crippen molar-refractivity contribution < 1.29 is 4.48 Å². The van der Waals surface area contributed by atoms with E-state index in [2.05, 4.69) is 20.9 Å². The van der Waals surface area contributed by atoms with Crippen molar-refractivity contribution in [3.05, 3.63) is 0 Å². The van der Waals surface area contributed by atoms with Crippen LogP contribution < -0.4 is 5.73 Å². The van der Waals surface area contributed by atoms with Gasteiger partial charge >= 0.3 is 0 Å². The number of quaternary nitrogens is 1. The van der Waals surface area contributed by atoms with Gasteiger partial charge in [-0.05, 0) is 33.1 Å².